The van der Waals surface area contributed by atoms with Crippen LogP contribution >= 0.6 is 0 Å². The van der Waals surface area contributed by atoms with E-state index >= 15 is 0 Å². The lowest BCUT2D eigenvalue weighted by Crippen LogP contribution is -2.40. The summed E-state index contributed by atoms with van der Waals surface area (Å²) in [7, 11) is 3.50. The molecule has 1 heterocycles. The molecule has 0 amide bonds. The van der Waals surface area contributed by atoms with Gasteiger partial charge in [0.1, 0.15) is 0 Å². The van der Waals surface area contributed by atoms with Crippen LogP contribution in [0, 0.1) is 5.82 Å². The number of hydrogen-bond acceptors (Lipinski definition) is 3. The van der Waals surface area contributed by atoms with Gasteiger partial charge in [0, 0.05) is 18.2 Å². The minimum atomic E-state index is -0.226. The van der Waals surface area contributed by atoms with Gasteiger partial charge < -0.3 is 10.1 Å². The fourth-order valence-electron chi connectivity index (χ4n) is 2.46. The van der Waals surface area contributed by atoms with Crippen LogP contribution in [0.5, 0.6) is 5.75 Å². The molecule has 2 rings (SSSR count). The van der Waals surface area contributed by atoms with Gasteiger partial charge >= 0.3 is 0 Å². The van der Waals surface area contributed by atoms with Gasteiger partial charge in [0.15, 0.2) is 11.6 Å². The Balaban J connectivity index is 1.98. The van der Waals surface area contributed by atoms with E-state index in [1.807, 2.05) is 19.2 Å². The van der Waals surface area contributed by atoms with E-state index in [9.17, 15) is 4.39 Å². The molecule has 0 spiro atoms. The zero-order valence-electron chi connectivity index (χ0n) is 11.1. The molecule has 3 nitrogen and oxygen atoms in total. The van der Waals surface area contributed by atoms with Crippen LogP contribution < -0.4 is 10.1 Å². The van der Waals surface area contributed by atoms with Gasteiger partial charge in [0.2, 0.25) is 0 Å². The number of piperidine rings is 1. The second kappa shape index (κ2) is 6.16. The van der Waals surface area contributed by atoms with Crippen molar-refractivity contribution in [2.45, 2.75) is 25.4 Å². The zero-order chi connectivity index (χ0) is 13.0. The Morgan fingerprint density at radius 2 is 2.11 bits per heavy atom. The van der Waals surface area contributed by atoms with Gasteiger partial charge in [-0.05, 0) is 39.0 Å². The molecule has 4 heteroatoms. The first-order valence-corrected chi connectivity index (χ1v) is 6.45. The van der Waals surface area contributed by atoms with E-state index in [0.29, 0.717) is 18.3 Å². The third-order valence-corrected chi connectivity index (χ3v) is 3.65. The predicted molar refractivity (Wildman–Crippen MR) is 70.3 cm³/mol. The van der Waals surface area contributed by atoms with Gasteiger partial charge in [-0.3, -0.25) is 4.90 Å². The number of hydrogen-bond donors (Lipinski definition) is 1. The van der Waals surface area contributed by atoms with Crippen LogP contribution in [0.4, 0.5) is 4.39 Å². The second-order valence-electron chi connectivity index (χ2n) is 4.77. The first-order valence-electron chi connectivity index (χ1n) is 6.45. The van der Waals surface area contributed by atoms with Gasteiger partial charge in [-0.15, -0.1) is 0 Å². The third kappa shape index (κ3) is 3.00. The number of methoxy groups -OCH3 is 1. The smallest absolute Gasteiger partial charge is 0.169 e. The molecule has 0 aromatic heterocycles. The van der Waals surface area contributed by atoms with Crippen LogP contribution in [0.2, 0.25) is 0 Å². The number of halogens is 1. The van der Waals surface area contributed by atoms with Gasteiger partial charge in [-0.25, -0.2) is 4.39 Å². The van der Waals surface area contributed by atoms with Crippen molar-refractivity contribution in [2.75, 3.05) is 27.2 Å². The Kier molecular flexibility index (Phi) is 4.55. The monoisotopic (exact) mass is 252 g/mol. The van der Waals surface area contributed by atoms with Crippen LogP contribution in [0.1, 0.15) is 18.4 Å². The predicted octanol–water partition coefficient (Wildman–Crippen LogP) is 2.02. The van der Waals surface area contributed by atoms with E-state index < -0.39 is 0 Å². The minimum Gasteiger partial charge on any atom is -0.494 e. The average Bonchev–Trinajstić information content (AvgIpc) is 2.42. The Hall–Kier alpha value is -1.13. The summed E-state index contributed by atoms with van der Waals surface area (Å²) in [6.07, 6.45) is 2.25. The number of likely N-dealkylation sites (tertiary alicyclic amines) is 1. The molecule has 1 aliphatic heterocycles. The Morgan fingerprint density at radius 1 is 1.39 bits per heavy atom. The lowest BCUT2D eigenvalue weighted by Gasteiger charge is -2.31. The molecule has 100 valence electrons. The molecular weight excluding hydrogens is 231 g/mol. The molecule has 1 aliphatic rings. The lowest BCUT2D eigenvalue weighted by molar-refractivity contribution is 0.192. The Labute approximate surface area is 108 Å². The molecule has 1 fully saturated rings. The number of nitrogens with zero attached hydrogens (tertiary/aromatic N) is 1. The van der Waals surface area contributed by atoms with E-state index in [1.54, 1.807) is 6.07 Å². The molecule has 1 aromatic rings. The highest BCUT2D eigenvalue weighted by Gasteiger charge is 2.19. The van der Waals surface area contributed by atoms with E-state index in [2.05, 4.69) is 10.2 Å². The van der Waals surface area contributed by atoms with E-state index in [-0.39, 0.29) is 5.82 Å². The summed E-state index contributed by atoms with van der Waals surface area (Å²) in [5.74, 6) is 0.105. The van der Waals surface area contributed by atoms with Crippen LogP contribution in [-0.4, -0.2) is 38.2 Å². The summed E-state index contributed by atoms with van der Waals surface area (Å²) >= 11 is 0. The molecule has 0 atom stereocenters. The normalized spacial score (nSPS) is 17.9. The summed E-state index contributed by atoms with van der Waals surface area (Å²) in [5.41, 5.74) is 0.720. The van der Waals surface area contributed by atoms with Crippen molar-refractivity contribution in [1.82, 2.24) is 10.2 Å². The van der Waals surface area contributed by atoms with Gasteiger partial charge in [-0.2, -0.15) is 0 Å². The fraction of sp³-hybridized carbons (Fsp3) is 0.571. The molecule has 0 bridgehead atoms. The molecule has 0 saturated carbocycles. The zero-order valence-corrected chi connectivity index (χ0v) is 11.1. The number of rotatable bonds is 4. The van der Waals surface area contributed by atoms with E-state index in [1.165, 1.54) is 7.11 Å². The molecule has 0 radical (unpaired) electrons. The third-order valence-electron chi connectivity index (χ3n) is 3.65. The van der Waals surface area contributed by atoms with Crippen molar-refractivity contribution in [3.05, 3.63) is 29.6 Å². The summed E-state index contributed by atoms with van der Waals surface area (Å²) in [6, 6.07) is 5.95. The van der Waals surface area contributed by atoms with Crippen LogP contribution in [0.3, 0.4) is 0 Å². The molecule has 1 N–H and O–H groups in total. The summed E-state index contributed by atoms with van der Waals surface area (Å²) in [5, 5.41) is 3.30. The van der Waals surface area contributed by atoms with Crippen LogP contribution in [0.15, 0.2) is 18.2 Å². The van der Waals surface area contributed by atoms with Crippen LogP contribution in [-0.2, 0) is 6.54 Å². The van der Waals surface area contributed by atoms with Crippen molar-refractivity contribution in [1.29, 1.82) is 0 Å². The maximum atomic E-state index is 14.0. The van der Waals surface area contributed by atoms with Gasteiger partial charge in [0.25, 0.3) is 0 Å². The summed E-state index contributed by atoms with van der Waals surface area (Å²) < 4.78 is 19.0. The highest BCUT2D eigenvalue weighted by Crippen LogP contribution is 2.22. The van der Waals surface area contributed by atoms with Crippen molar-refractivity contribution < 1.29 is 9.13 Å². The highest BCUT2D eigenvalue weighted by molar-refractivity contribution is 5.31. The quantitative estimate of drug-likeness (QED) is 0.887. The lowest BCUT2D eigenvalue weighted by atomic mass is 10.0. The largest absolute Gasteiger partial charge is 0.494 e. The number of ether oxygens (including phenoxy) is 1. The van der Waals surface area contributed by atoms with Gasteiger partial charge in [-0.1, -0.05) is 12.1 Å². The number of nitrogens with one attached hydrogen (secondary N) is 1. The van der Waals surface area contributed by atoms with Gasteiger partial charge in [0.05, 0.1) is 7.11 Å². The maximum Gasteiger partial charge on any atom is 0.169 e. The molecule has 1 saturated heterocycles. The van der Waals surface area contributed by atoms with E-state index in [0.717, 1.165) is 31.5 Å². The first kappa shape index (κ1) is 13.3. The second-order valence-corrected chi connectivity index (χ2v) is 4.77. The van der Waals surface area contributed by atoms with Crippen molar-refractivity contribution in [3.8, 4) is 5.75 Å². The van der Waals surface area contributed by atoms with Crippen molar-refractivity contribution >= 4 is 0 Å². The SMILES string of the molecule is CNC1CCN(Cc2cccc(OC)c2F)CC1. The fourth-order valence-corrected chi connectivity index (χ4v) is 2.46. The van der Waals surface area contributed by atoms with Crippen molar-refractivity contribution in [2.24, 2.45) is 0 Å². The van der Waals surface area contributed by atoms with Crippen LogP contribution in [0.25, 0.3) is 0 Å². The first-order chi connectivity index (χ1) is 8.74. The Morgan fingerprint density at radius 3 is 2.72 bits per heavy atom. The summed E-state index contributed by atoms with van der Waals surface area (Å²) in [6.45, 7) is 2.70. The molecule has 0 aliphatic carbocycles. The molecule has 0 unspecified atom stereocenters. The average molecular weight is 252 g/mol. The Bertz CT molecular complexity index is 389. The molecular formula is C14H21FN2O. The standard InChI is InChI=1S/C14H21FN2O/c1-16-12-6-8-17(9-7-12)10-11-4-3-5-13(18-2)14(11)15/h3-5,12,16H,6-10H2,1-2H3. The topological polar surface area (TPSA) is 24.5 Å². The molecule has 1 aromatic carbocycles. The van der Waals surface area contributed by atoms with Crippen molar-refractivity contribution in [3.63, 3.8) is 0 Å². The minimum absolute atomic E-state index is 0.226. The molecule has 18 heavy (non-hydrogen) atoms. The van der Waals surface area contributed by atoms with E-state index in [4.69, 9.17) is 4.74 Å². The summed E-state index contributed by atoms with van der Waals surface area (Å²) in [4.78, 5) is 2.30. The maximum absolute atomic E-state index is 14.0. The number of benzene rings is 1. The highest BCUT2D eigenvalue weighted by atomic mass is 19.1.